The summed E-state index contributed by atoms with van der Waals surface area (Å²) in [6.07, 6.45) is 16.9. The number of benzene rings is 1. The Morgan fingerprint density at radius 3 is 2.76 bits per heavy atom. The molecule has 0 saturated heterocycles. The van der Waals surface area contributed by atoms with E-state index in [1.54, 1.807) is 0 Å². The molecule has 174 valence electrons. The van der Waals surface area contributed by atoms with E-state index in [1.807, 2.05) is 12.4 Å². The van der Waals surface area contributed by atoms with Crippen molar-refractivity contribution in [1.82, 2.24) is 4.98 Å². The smallest absolute Gasteiger partial charge is 0.0933 e. The second-order valence-electron chi connectivity index (χ2n) is 10.4. The van der Waals surface area contributed by atoms with Gasteiger partial charge in [-0.2, -0.15) is 0 Å². The van der Waals surface area contributed by atoms with Gasteiger partial charge in [0.2, 0.25) is 0 Å². The van der Waals surface area contributed by atoms with E-state index < -0.39 is 5.60 Å². The van der Waals surface area contributed by atoms with Gasteiger partial charge < -0.3 is 15.9 Å². The van der Waals surface area contributed by atoms with Crippen LogP contribution in [0.15, 0.2) is 66.0 Å². The number of allylic oxidation sites excluding steroid dienone is 3. The molecule has 1 saturated carbocycles. The first-order valence-corrected chi connectivity index (χ1v) is 12.4. The van der Waals surface area contributed by atoms with Crippen molar-refractivity contribution in [2.45, 2.75) is 63.6 Å². The van der Waals surface area contributed by atoms with Crippen LogP contribution in [-0.2, 0) is 0 Å². The summed E-state index contributed by atoms with van der Waals surface area (Å²) in [5.74, 6) is 0.716. The molecule has 0 amide bonds. The molecule has 6 rings (SSSR count). The average molecular weight is 445 g/mol. The number of hydrogen-bond acceptors (Lipinski definition) is 4. The second kappa shape index (κ2) is 8.50. The molecule has 4 aliphatic rings. The molecule has 0 radical (unpaired) electrons. The summed E-state index contributed by atoms with van der Waals surface area (Å²) in [6, 6.07) is 8.74. The largest absolute Gasteiger partial charge is 0.393 e. The number of pyridine rings is 1. The summed E-state index contributed by atoms with van der Waals surface area (Å²) in [7, 11) is 1.50. The molecule has 1 aromatic carbocycles. The molecule has 4 nitrogen and oxygen atoms in total. The molecule has 4 aliphatic carbocycles. The van der Waals surface area contributed by atoms with E-state index in [4.69, 9.17) is 0 Å². The summed E-state index contributed by atoms with van der Waals surface area (Å²) in [6.45, 7) is 2.35. The number of fused-ring (bicyclic) bond motifs is 5. The average Bonchev–Trinajstić information content (AvgIpc) is 3.12. The quantitative estimate of drug-likeness (QED) is 0.567. The van der Waals surface area contributed by atoms with E-state index in [9.17, 15) is 10.2 Å². The highest BCUT2D eigenvalue weighted by molar-refractivity contribution is 5.87. The topological polar surface area (TPSA) is 79.4 Å². The summed E-state index contributed by atoms with van der Waals surface area (Å²) in [5, 5.41) is 24.7. The van der Waals surface area contributed by atoms with Crippen LogP contribution >= 0.6 is 0 Å². The normalized spacial score (nSPS) is 35.1. The van der Waals surface area contributed by atoms with Gasteiger partial charge >= 0.3 is 0 Å². The van der Waals surface area contributed by atoms with Crippen LogP contribution in [0.1, 0.15) is 57.4 Å². The molecule has 1 fully saturated rings. The van der Waals surface area contributed by atoms with Crippen molar-refractivity contribution in [3.63, 3.8) is 0 Å². The van der Waals surface area contributed by atoms with Gasteiger partial charge in [-0.15, -0.1) is 0 Å². The van der Waals surface area contributed by atoms with Crippen LogP contribution in [-0.4, -0.2) is 33.9 Å². The van der Waals surface area contributed by atoms with Gasteiger partial charge in [0.15, 0.2) is 0 Å². The fourth-order valence-corrected chi connectivity index (χ4v) is 7.01. The Balaban J connectivity index is 0.00000111. The van der Waals surface area contributed by atoms with Gasteiger partial charge in [0.1, 0.15) is 0 Å². The first-order valence-electron chi connectivity index (χ1n) is 12.4. The van der Waals surface area contributed by atoms with Crippen molar-refractivity contribution in [2.24, 2.45) is 23.0 Å². The lowest BCUT2D eigenvalue weighted by Crippen LogP contribution is -2.48. The summed E-state index contributed by atoms with van der Waals surface area (Å²) >= 11 is 0. The number of hydrogen-bond donors (Lipinski definition) is 3. The Hall–Kier alpha value is -2.27. The molecule has 0 bridgehead atoms. The maximum Gasteiger partial charge on any atom is 0.0933 e. The molecule has 4 heteroatoms. The Morgan fingerprint density at radius 1 is 1.06 bits per heavy atom. The first kappa shape index (κ1) is 22.5. The Morgan fingerprint density at radius 2 is 1.91 bits per heavy atom. The molecular weight excluding hydrogens is 408 g/mol. The number of nitrogens with zero attached hydrogens (tertiary/aromatic N) is 1. The van der Waals surface area contributed by atoms with Crippen LogP contribution < -0.4 is 5.73 Å². The maximum atomic E-state index is 12.1. The monoisotopic (exact) mass is 444 g/mol. The van der Waals surface area contributed by atoms with E-state index in [1.165, 1.54) is 34.5 Å². The lowest BCUT2D eigenvalue weighted by molar-refractivity contribution is -0.0330. The Kier molecular flexibility index (Phi) is 5.80. The highest BCUT2D eigenvalue weighted by Gasteiger charge is 2.55. The highest BCUT2D eigenvalue weighted by atomic mass is 16.3. The van der Waals surface area contributed by atoms with Crippen molar-refractivity contribution >= 4 is 16.3 Å². The zero-order valence-corrected chi connectivity index (χ0v) is 19.8. The van der Waals surface area contributed by atoms with Gasteiger partial charge in [-0.1, -0.05) is 42.9 Å². The summed E-state index contributed by atoms with van der Waals surface area (Å²) in [5.41, 5.74) is 8.75. The minimum Gasteiger partial charge on any atom is -0.393 e. The number of aromatic nitrogens is 1. The van der Waals surface area contributed by atoms with E-state index >= 15 is 0 Å². The lowest BCUT2D eigenvalue weighted by atomic mass is 9.58. The van der Waals surface area contributed by atoms with E-state index in [-0.39, 0.29) is 17.4 Å². The van der Waals surface area contributed by atoms with Crippen molar-refractivity contribution in [3.8, 4) is 0 Å². The van der Waals surface area contributed by atoms with Gasteiger partial charge in [0.25, 0.3) is 0 Å². The van der Waals surface area contributed by atoms with Gasteiger partial charge in [-0.05, 0) is 92.1 Å². The van der Waals surface area contributed by atoms with E-state index in [0.717, 1.165) is 50.5 Å². The van der Waals surface area contributed by atoms with Crippen molar-refractivity contribution in [2.75, 3.05) is 7.05 Å². The molecular formula is C29H36N2O2. The van der Waals surface area contributed by atoms with Gasteiger partial charge in [-0.25, -0.2) is 0 Å². The van der Waals surface area contributed by atoms with Crippen LogP contribution in [0.2, 0.25) is 0 Å². The fraction of sp³-hybridized carbons (Fsp3) is 0.483. The van der Waals surface area contributed by atoms with Crippen molar-refractivity contribution < 1.29 is 10.2 Å². The molecule has 4 unspecified atom stereocenters. The third-order valence-corrected chi connectivity index (χ3v) is 8.77. The number of rotatable bonds is 1. The number of nitrogens with two attached hydrogens (primary N) is 1. The predicted molar refractivity (Wildman–Crippen MR) is 134 cm³/mol. The zero-order chi connectivity index (χ0) is 23.2. The molecule has 1 aromatic heterocycles. The van der Waals surface area contributed by atoms with Crippen LogP contribution in [0.4, 0.5) is 0 Å². The molecule has 0 aliphatic heterocycles. The van der Waals surface area contributed by atoms with Crippen LogP contribution in [0.5, 0.6) is 0 Å². The van der Waals surface area contributed by atoms with Crippen LogP contribution in [0, 0.1) is 17.3 Å². The third kappa shape index (κ3) is 3.60. The zero-order valence-electron chi connectivity index (χ0n) is 19.8. The standard InChI is InChI=1S/C28H31NO2.CH5N/c1-27-11-9-23-15-21-16-24(30)5-4-18(21)8-12-28(23,31)26(27)7-6-25(27)20-3-2-19-10-13-29-17-22(19)14-20;1-2/h2-3,6,9-10,13-15,17-18,24,26,30-31H,4-5,7-8,11-12,16H2,1H3;2H2,1H3/t18?,24?,26?,27?,28-;/m1./s1. The second-order valence-corrected chi connectivity index (χ2v) is 10.4. The van der Waals surface area contributed by atoms with Crippen molar-refractivity contribution in [3.05, 3.63) is 71.6 Å². The molecule has 4 N–H and O–H groups in total. The van der Waals surface area contributed by atoms with Crippen LogP contribution in [0.3, 0.4) is 0 Å². The summed E-state index contributed by atoms with van der Waals surface area (Å²) in [4.78, 5) is 4.30. The minimum atomic E-state index is -0.779. The third-order valence-electron chi connectivity index (χ3n) is 8.77. The van der Waals surface area contributed by atoms with Gasteiger partial charge in [-0.3, -0.25) is 4.98 Å². The Bertz CT molecular complexity index is 1150. The predicted octanol–water partition coefficient (Wildman–Crippen LogP) is 5.16. The molecule has 2 aromatic rings. The number of aliphatic hydroxyl groups is 2. The Labute approximate surface area is 196 Å². The van der Waals surface area contributed by atoms with E-state index in [0.29, 0.717) is 5.92 Å². The van der Waals surface area contributed by atoms with Crippen molar-refractivity contribution in [1.29, 1.82) is 0 Å². The SMILES string of the molecule is CC12CC=C3C=C4CC(O)CCC4CC[C@]3(O)C1CC=C2c1ccc2ccncc2c1.CN. The lowest BCUT2D eigenvalue weighted by Gasteiger charge is -2.48. The maximum absolute atomic E-state index is 12.1. The first-order chi connectivity index (χ1) is 16.0. The fourth-order valence-electron chi connectivity index (χ4n) is 7.01. The minimum absolute atomic E-state index is 0.0678. The summed E-state index contributed by atoms with van der Waals surface area (Å²) < 4.78 is 0. The van der Waals surface area contributed by atoms with Crippen LogP contribution in [0.25, 0.3) is 16.3 Å². The molecule has 1 heterocycles. The van der Waals surface area contributed by atoms with E-state index in [2.05, 4.69) is 60.1 Å². The number of aliphatic hydroxyl groups excluding tert-OH is 1. The van der Waals surface area contributed by atoms with Gasteiger partial charge in [0.05, 0.1) is 11.7 Å². The highest BCUT2D eigenvalue weighted by Crippen LogP contribution is 2.61. The molecule has 0 spiro atoms. The molecule has 5 atom stereocenters. The van der Waals surface area contributed by atoms with Gasteiger partial charge in [0, 0.05) is 29.1 Å². The molecule has 33 heavy (non-hydrogen) atoms.